The van der Waals surface area contributed by atoms with Gasteiger partial charge in [0.2, 0.25) is 6.79 Å². The van der Waals surface area contributed by atoms with Crippen molar-refractivity contribution in [2.45, 2.75) is 11.9 Å². The minimum atomic E-state index is -3.29. The molecule has 0 fully saturated rings. The quantitative estimate of drug-likeness (QED) is 0.683. The third-order valence-corrected chi connectivity index (χ3v) is 2.85. The molecule has 0 aromatic carbocycles. The van der Waals surface area contributed by atoms with Crippen LogP contribution < -0.4 is 9.47 Å². The number of sulfone groups is 1. The number of aromatic nitrogens is 1. The van der Waals surface area contributed by atoms with E-state index in [1.165, 1.54) is 6.07 Å². The number of nitrogens with zero attached hydrogens (tertiary/aromatic N) is 1. The lowest BCUT2D eigenvalue weighted by molar-refractivity contribution is 0.173. The van der Waals surface area contributed by atoms with Crippen LogP contribution in [0.5, 0.6) is 11.5 Å². The molecule has 0 aliphatic carbocycles. The highest BCUT2D eigenvalue weighted by Crippen LogP contribution is 2.35. The molecule has 2 heterocycles. The van der Waals surface area contributed by atoms with Gasteiger partial charge in [-0.05, 0) is 6.92 Å². The number of pyridine rings is 1. The van der Waals surface area contributed by atoms with Crippen LogP contribution in [-0.2, 0) is 9.84 Å². The lowest BCUT2D eigenvalue weighted by Gasteiger charge is -2.02. The van der Waals surface area contributed by atoms with E-state index >= 15 is 0 Å². The molecule has 14 heavy (non-hydrogen) atoms. The van der Waals surface area contributed by atoms with Crippen molar-refractivity contribution in [2.75, 3.05) is 13.0 Å². The minimum absolute atomic E-state index is 0.0132. The molecule has 76 valence electrons. The maximum Gasteiger partial charge on any atom is 0.231 e. The van der Waals surface area contributed by atoms with Gasteiger partial charge in [0.15, 0.2) is 26.4 Å². The highest BCUT2D eigenvalue weighted by Gasteiger charge is 2.21. The molecule has 1 aliphatic rings. The molecule has 1 aromatic heterocycles. The van der Waals surface area contributed by atoms with Crippen molar-refractivity contribution in [1.29, 1.82) is 0 Å². The van der Waals surface area contributed by atoms with Crippen molar-refractivity contribution in [3.63, 3.8) is 0 Å². The Morgan fingerprint density at radius 3 is 2.79 bits per heavy atom. The molecule has 6 heteroatoms. The van der Waals surface area contributed by atoms with Gasteiger partial charge in [-0.15, -0.1) is 0 Å². The number of aryl methyl sites for hydroxylation is 1. The molecule has 0 bridgehead atoms. The summed E-state index contributed by atoms with van der Waals surface area (Å²) in [4.78, 5) is 3.92. The molecule has 0 amide bonds. The zero-order chi connectivity index (χ0) is 10.3. The second-order valence-electron chi connectivity index (χ2n) is 3.05. The van der Waals surface area contributed by atoms with E-state index in [1.807, 2.05) is 0 Å². The zero-order valence-corrected chi connectivity index (χ0v) is 8.59. The molecule has 0 N–H and O–H groups in total. The van der Waals surface area contributed by atoms with Crippen LogP contribution in [0.1, 0.15) is 5.69 Å². The molecule has 2 rings (SSSR count). The molecule has 1 aliphatic heterocycles. The number of hydrogen-bond acceptors (Lipinski definition) is 5. The van der Waals surface area contributed by atoms with Crippen LogP contribution in [0.3, 0.4) is 0 Å². The Hall–Kier alpha value is -1.30. The third-order valence-electron chi connectivity index (χ3n) is 1.88. The first-order chi connectivity index (χ1) is 6.48. The molecule has 0 saturated carbocycles. The van der Waals surface area contributed by atoms with Gasteiger partial charge in [0.25, 0.3) is 0 Å². The van der Waals surface area contributed by atoms with Crippen molar-refractivity contribution in [3.05, 3.63) is 11.8 Å². The summed E-state index contributed by atoms with van der Waals surface area (Å²) >= 11 is 0. The second kappa shape index (κ2) is 2.84. The number of ether oxygens (including phenoxy) is 2. The largest absolute Gasteiger partial charge is 0.453 e. The number of hydrogen-bond donors (Lipinski definition) is 0. The van der Waals surface area contributed by atoms with Crippen LogP contribution in [0.25, 0.3) is 0 Å². The van der Waals surface area contributed by atoms with Crippen LogP contribution in [0.2, 0.25) is 0 Å². The van der Waals surface area contributed by atoms with E-state index in [0.29, 0.717) is 17.2 Å². The normalized spacial score (nSPS) is 14.4. The zero-order valence-electron chi connectivity index (χ0n) is 7.77. The molecule has 0 saturated heterocycles. The summed E-state index contributed by atoms with van der Waals surface area (Å²) in [5.41, 5.74) is 0.528. The van der Waals surface area contributed by atoms with Gasteiger partial charge >= 0.3 is 0 Å². The van der Waals surface area contributed by atoms with Gasteiger partial charge in [-0.2, -0.15) is 0 Å². The van der Waals surface area contributed by atoms with Crippen LogP contribution >= 0.6 is 0 Å². The van der Waals surface area contributed by atoms with Gasteiger partial charge in [0.05, 0.1) is 5.69 Å². The van der Waals surface area contributed by atoms with Crippen LogP contribution in [0, 0.1) is 6.92 Å². The predicted octanol–water partition coefficient (Wildman–Crippen LogP) is 0.522. The molecule has 0 unspecified atom stereocenters. The topological polar surface area (TPSA) is 65.5 Å². The second-order valence-corrected chi connectivity index (χ2v) is 5.01. The Bertz CT molecular complexity index is 480. The van der Waals surface area contributed by atoms with E-state index in [1.54, 1.807) is 6.92 Å². The lowest BCUT2D eigenvalue weighted by atomic mass is 10.3. The van der Waals surface area contributed by atoms with Crippen LogP contribution in [0.4, 0.5) is 0 Å². The molecular formula is C8H9NO4S. The first-order valence-electron chi connectivity index (χ1n) is 3.96. The molecule has 0 radical (unpaired) electrons. The highest BCUT2D eigenvalue weighted by atomic mass is 32.2. The van der Waals surface area contributed by atoms with Crippen molar-refractivity contribution < 1.29 is 17.9 Å². The van der Waals surface area contributed by atoms with Gasteiger partial charge < -0.3 is 9.47 Å². The standard InChI is InChI=1S/C8H9NO4S/c1-5-8-6(12-4-13-8)3-7(9-5)14(2,10)11/h3H,4H2,1-2H3. The fraction of sp³-hybridized carbons (Fsp3) is 0.375. The Kier molecular flexibility index (Phi) is 1.88. The van der Waals surface area contributed by atoms with Crippen molar-refractivity contribution >= 4 is 9.84 Å². The number of fused-ring (bicyclic) bond motifs is 1. The maximum atomic E-state index is 11.2. The Morgan fingerprint density at radius 2 is 2.14 bits per heavy atom. The predicted molar refractivity (Wildman–Crippen MR) is 48.2 cm³/mol. The van der Waals surface area contributed by atoms with E-state index in [9.17, 15) is 8.42 Å². The van der Waals surface area contributed by atoms with E-state index in [4.69, 9.17) is 9.47 Å². The van der Waals surface area contributed by atoms with Gasteiger partial charge in [-0.1, -0.05) is 0 Å². The first kappa shape index (κ1) is 9.26. The summed E-state index contributed by atoms with van der Waals surface area (Å²) in [7, 11) is -3.29. The minimum Gasteiger partial charge on any atom is -0.453 e. The summed E-state index contributed by atoms with van der Waals surface area (Å²) in [6.07, 6.45) is 1.11. The third kappa shape index (κ3) is 1.41. The summed E-state index contributed by atoms with van der Waals surface area (Å²) in [6.45, 7) is 1.80. The fourth-order valence-corrected chi connectivity index (χ4v) is 1.85. The smallest absolute Gasteiger partial charge is 0.231 e. The molecule has 0 spiro atoms. The monoisotopic (exact) mass is 215 g/mol. The van der Waals surface area contributed by atoms with E-state index in [0.717, 1.165) is 6.26 Å². The van der Waals surface area contributed by atoms with E-state index < -0.39 is 9.84 Å². The average molecular weight is 215 g/mol. The molecule has 0 atom stereocenters. The van der Waals surface area contributed by atoms with Gasteiger partial charge in [0, 0.05) is 12.3 Å². The SMILES string of the molecule is Cc1nc(S(C)(=O)=O)cc2c1OCO2. The summed E-state index contributed by atoms with van der Waals surface area (Å²) in [5.74, 6) is 0.968. The molecular weight excluding hydrogens is 206 g/mol. The number of rotatable bonds is 1. The Labute approximate surface area is 81.6 Å². The summed E-state index contributed by atoms with van der Waals surface area (Å²) in [6, 6.07) is 1.38. The Balaban J connectivity index is 2.64. The first-order valence-corrected chi connectivity index (χ1v) is 5.85. The lowest BCUT2D eigenvalue weighted by Crippen LogP contribution is -2.01. The van der Waals surface area contributed by atoms with Gasteiger partial charge in [0.1, 0.15) is 0 Å². The summed E-state index contributed by atoms with van der Waals surface area (Å²) < 4.78 is 32.7. The van der Waals surface area contributed by atoms with Crippen molar-refractivity contribution in [1.82, 2.24) is 4.98 Å². The van der Waals surface area contributed by atoms with E-state index in [2.05, 4.69) is 4.98 Å². The van der Waals surface area contributed by atoms with Gasteiger partial charge in [-0.25, -0.2) is 13.4 Å². The van der Waals surface area contributed by atoms with Crippen LogP contribution in [-0.4, -0.2) is 26.5 Å². The van der Waals surface area contributed by atoms with Crippen molar-refractivity contribution in [2.24, 2.45) is 0 Å². The fourth-order valence-electron chi connectivity index (χ4n) is 1.23. The molecule has 1 aromatic rings. The highest BCUT2D eigenvalue weighted by molar-refractivity contribution is 7.90. The maximum absolute atomic E-state index is 11.2. The average Bonchev–Trinajstić information content (AvgIpc) is 2.50. The summed E-state index contributed by atoms with van der Waals surface area (Å²) in [5, 5.41) is 0.0132. The Morgan fingerprint density at radius 1 is 1.43 bits per heavy atom. The van der Waals surface area contributed by atoms with E-state index in [-0.39, 0.29) is 11.8 Å². The van der Waals surface area contributed by atoms with Crippen molar-refractivity contribution in [3.8, 4) is 11.5 Å². The van der Waals surface area contributed by atoms with Gasteiger partial charge in [-0.3, -0.25) is 0 Å². The van der Waals surface area contributed by atoms with Crippen LogP contribution in [0.15, 0.2) is 11.1 Å². The molecule has 5 nitrogen and oxygen atoms in total.